The van der Waals surface area contributed by atoms with Crippen molar-refractivity contribution in [2.24, 2.45) is 0 Å². The first kappa shape index (κ1) is 16.3. The SMILES string of the molecule is N#Cc1cccc(-c2nccn2[C@@H]2C[C@H]3CO[C@@H](CCO)CN3C2)c1. The molecule has 130 valence electrons. The second kappa shape index (κ2) is 6.96. The van der Waals surface area contributed by atoms with Gasteiger partial charge in [0.25, 0.3) is 0 Å². The number of rotatable bonds is 4. The molecule has 1 aromatic heterocycles. The van der Waals surface area contributed by atoms with Crippen molar-refractivity contribution < 1.29 is 9.84 Å². The number of morpholine rings is 1. The van der Waals surface area contributed by atoms with Crippen molar-refractivity contribution in [3.63, 3.8) is 0 Å². The van der Waals surface area contributed by atoms with Crippen LogP contribution < -0.4 is 0 Å². The number of hydrogen-bond acceptors (Lipinski definition) is 5. The summed E-state index contributed by atoms with van der Waals surface area (Å²) in [4.78, 5) is 7.02. The molecule has 0 unspecified atom stereocenters. The first-order valence-electron chi connectivity index (χ1n) is 8.78. The third-order valence-corrected chi connectivity index (χ3v) is 5.23. The van der Waals surface area contributed by atoms with Crippen molar-refractivity contribution >= 4 is 0 Å². The van der Waals surface area contributed by atoms with Gasteiger partial charge in [-0.1, -0.05) is 12.1 Å². The second-order valence-corrected chi connectivity index (χ2v) is 6.82. The Labute approximate surface area is 147 Å². The van der Waals surface area contributed by atoms with Crippen LogP contribution in [0.2, 0.25) is 0 Å². The number of aliphatic hydroxyl groups excluding tert-OH is 1. The Kier molecular flexibility index (Phi) is 4.53. The third-order valence-electron chi connectivity index (χ3n) is 5.23. The predicted molar refractivity (Wildman–Crippen MR) is 92.8 cm³/mol. The molecular formula is C19H22N4O2. The Morgan fingerprint density at radius 2 is 2.24 bits per heavy atom. The van der Waals surface area contributed by atoms with Crippen LogP contribution in [0.25, 0.3) is 11.4 Å². The van der Waals surface area contributed by atoms with Crippen LogP contribution in [0.5, 0.6) is 0 Å². The largest absolute Gasteiger partial charge is 0.396 e. The van der Waals surface area contributed by atoms with Crippen molar-refractivity contribution in [2.45, 2.75) is 31.0 Å². The zero-order chi connectivity index (χ0) is 17.2. The highest BCUT2D eigenvalue weighted by molar-refractivity contribution is 5.58. The number of fused-ring (bicyclic) bond motifs is 1. The van der Waals surface area contributed by atoms with Crippen LogP contribution in [0.1, 0.15) is 24.4 Å². The van der Waals surface area contributed by atoms with Gasteiger partial charge in [0, 0.05) is 49.7 Å². The number of benzene rings is 1. The molecule has 2 aliphatic rings. The van der Waals surface area contributed by atoms with Crippen molar-refractivity contribution in [1.82, 2.24) is 14.5 Å². The van der Waals surface area contributed by atoms with Crippen molar-refractivity contribution in [1.29, 1.82) is 5.26 Å². The zero-order valence-electron chi connectivity index (χ0n) is 14.1. The van der Waals surface area contributed by atoms with Gasteiger partial charge < -0.3 is 14.4 Å². The summed E-state index contributed by atoms with van der Waals surface area (Å²) < 4.78 is 8.11. The maximum Gasteiger partial charge on any atom is 0.140 e. The molecule has 0 amide bonds. The fraction of sp³-hybridized carbons (Fsp3) is 0.474. The molecule has 0 aliphatic carbocycles. The molecule has 2 aliphatic heterocycles. The van der Waals surface area contributed by atoms with Gasteiger partial charge in [-0.05, 0) is 25.0 Å². The summed E-state index contributed by atoms with van der Waals surface area (Å²) in [5, 5.41) is 18.3. The first-order valence-corrected chi connectivity index (χ1v) is 8.78. The van der Waals surface area contributed by atoms with E-state index in [4.69, 9.17) is 15.1 Å². The van der Waals surface area contributed by atoms with Crippen molar-refractivity contribution in [2.75, 3.05) is 26.3 Å². The quantitative estimate of drug-likeness (QED) is 0.920. The lowest BCUT2D eigenvalue weighted by atomic mass is 10.1. The normalized spacial score (nSPS) is 26.3. The van der Waals surface area contributed by atoms with Crippen LogP contribution in [0.4, 0.5) is 0 Å². The molecule has 4 rings (SSSR count). The molecule has 6 nitrogen and oxygen atoms in total. The average Bonchev–Trinajstić information content (AvgIpc) is 3.28. The van der Waals surface area contributed by atoms with Crippen LogP contribution in [0.15, 0.2) is 36.7 Å². The van der Waals surface area contributed by atoms with Gasteiger partial charge in [-0.25, -0.2) is 4.98 Å². The van der Waals surface area contributed by atoms with Gasteiger partial charge in [-0.2, -0.15) is 5.26 Å². The molecule has 1 aromatic carbocycles. The Balaban J connectivity index is 1.54. The highest BCUT2D eigenvalue weighted by Crippen LogP contribution is 2.33. The fourth-order valence-electron chi connectivity index (χ4n) is 4.00. The Bertz CT molecular complexity index is 782. The summed E-state index contributed by atoms with van der Waals surface area (Å²) in [6.07, 6.45) is 5.73. The first-order chi connectivity index (χ1) is 12.3. The number of imidazole rings is 1. The highest BCUT2D eigenvalue weighted by atomic mass is 16.5. The summed E-state index contributed by atoms with van der Waals surface area (Å²) in [6, 6.07) is 10.6. The second-order valence-electron chi connectivity index (χ2n) is 6.82. The van der Waals surface area contributed by atoms with E-state index in [-0.39, 0.29) is 12.7 Å². The molecule has 2 fully saturated rings. The van der Waals surface area contributed by atoms with Gasteiger partial charge in [0.1, 0.15) is 5.82 Å². The number of hydrogen-bond donors (Lipinski definition) is 1. The number of nitriles is 1. The molecule has 0 saturated carbocycles. The smallest absolute Gasteiger partial charge is 0.140 e. The molecule has 2 saturated heterocycles. The number of ether oxygens (including phenoxy) is 1. The molecule has 2 aromatic rings. The molecule has 0 radical (unpaired) electrons. The lowest BCUT2D eigenvalue weighted by Gasteiger charge is -2.34. The van der Waals surface area contributed by atoms with E-state index < -0.39 is 0 Å². The summed E-state index contributed by atoms with van der Waals surface area (Å²) in [7, 11) is 0. The minimum atomic E-state index is 0.134. The van der Waals surface area contributed by atoms with Gasteiger partial charge in [0.05, 0.1) is 24.3 Å². The van der Waals surface area contributed by atoms with Gasteiger partial charge in [0.2, 0.25) is 0 Å². The van der Waals surface area contributed by atoms with E-state index in [1.54, 1.807) is 0 Å². The molecule has 6 heteroatoms. The summed E-state index contributed by atoms with van der Waals surface area (Å²) in [5.41, 5.74) is 1.62. The van der Waals surface area contributed by atoms with E-state index in [1.807, 2.05) is 36.7 Å². The lowest BCUT2D eigenvalue weighted by Crippen LogP contribution is -2.46. The van der Waals surface area contributed by atoms with Gasteiger partial charge in [-0.3, -0.25) is 4.90 Å². The van der Waals surface area contributed by atoms with E-state index in [1.165, 1.54) is 0 Å². The standard InChI is InChI=1S/C19H22N4O2/c20-10-14-2-1-3-15(8-14)19-21-5-6-23(19)16-9-17-13-25-18(4-7-24)12-22(17)11-16/h1-3,5-6,8,16-18,24H,4,7,9,11-13H2/t16-,17+,18+/m1/s1. The van der Waals surface area contributed by atoms with Gasteiger partial charge >= 0.3 is 0 Å². The van der Waals surface area contributed by atoms with Crippen LogP contribution >= 0.6 is 0 Å². The summed E-state index contributed by atoms with van der Waals surface area (Å²) >= 11 is 0. The third kappa shape index (κ3) is 3.19. The topological polar surface area (TPSA) is 74.3 Å². The predicted octanol–water partition coefficient (Wildman–Crippen LogP) is 1.82. The number of aliphatic hydroxyl groups is 1. The minimum absolute atomic E-state index is 0.134. The lowest BCUT2D eigenvalue weighted by molar-refractivity contribution is -0.0567. The molecule has 0 bridgehead atoms. The van der Waals surface area contributed by atoms with Crippen LogP contribution in [-0.4, -0.2) is 58.0 Å². The van der Waals surface area contributed by atoms with E-state index in [0.717, 1.165) is 37.5 Å². The Morgan fingerprint density at radius 3 is 3.08 bits per heavy atom. The molecule has 1 N–H and O–H groups in total. The highest BCUT2D eigenvalue weighted by Gasteiger charge is 2.38. The van der Waals surface area contributed by atoms with E-state index in [0.29, 0.717) is 24.1 Å². The van der Waals surface area contributed by atoms with E-state index >= 15 is 0 Å². The van der Waals surface area contributed by atoms with E-state index in [2.05, 4.69) is 20.5 Å². The van der Waals surface area contributed by atoms with Crippen LogP contribution in [-0.2, 0) is 4.74 Å². The Morgan fingerprint density at radius 1 is 1.32 bits per heavy atom. The molecule has 0 spiro atoms. The van der Waals surface area contributed by atoms with Gasteiger partial charge in [-0.15, -0.1) is 0 Å². The van der Waals surface area contributed by atoms with Gasteiger partial charge in [0.15, 0.2) is 0 Å². The van der Waals surface area contributed by atoms with Crippen molar-refractivity contribution in [3.05, 3.63) is 42.2 Å². The number of nitrogens with zero attached hydrogens (tertiary/aromatic N) is 4. The molecular weight excluding hydrogens is 316 g/mol. The number of aromatic nitrogens is 2. The average molecular weight is 338 g/mol. The van der Waals surface area contributed by atoms with Crippen LogP contribution in [0.3, 0.4) is 0 Å². The van der Waals surface area contributed by atoms with Crippen LogP contribution in [0, 0.1) is 11.3 Å². The van der Waals surface area contributed by atoms with E-state index in [9.17, 15) is 0 Å². The monoisotopic (exact) mass is 338 g/mol. The molecule has 3 atom stereocenters. The fourth-order valence-corrected chi connectivity index (χ4v) is 4.00. The minimum Gasteiger partial charge on any atom is -0.396 e. The maximum absolute atomic E-state index is 9.13. The summed E-state index contributed by atoms with van der Waals surface area (Å²) in [6.45, 7) is 2.76. The molecule has 25 heavy (non-hydrogen) atoms. The van der Waals surface area contributed by atoms with Crippen molar-refractivity contribution in [3.8, 4) is 17.5 Å². The summed E-state index contributed by atoms with van der Waals surface area (Å²) in [5.74, 6) is 0.912. The maximum atomic E-state index is 9.13. The zero-order valence-corrected chi connectivity index (χ0v) is 14.1. The Hall–Kier alpha value is -2.20. The molecule has 3 heterocycles.